The summed E-state index contributed by atoms with van der Waals surface area (Å²) in [5.74, 6) is -0.160. The fourth-order valence-corrected chi connectivity index (χ4v) is 2.21. The molecule has 0 bridgehead atoms. The Kier molecular flexibility index (Phi) is 4.19. The van der Waals surface area contributed by atoms with Crippen LogP contribution in [0.4, 0.5) is 8.78 Å². The average molecular weight is 324 g/mol. The zero-order valence-electron chi connectivity index (χ0n) is 8.48. The van der Waals surface area contributed by atoms with Crippen molar-refractivity contribution in [2.75, 3.05) is 0 Å². The van der Waals surface area contributed by atoms with Crippen molar-refractivity contribution in [1.82, 2.24) is 0 Å². The molecule has 0 spiro atoms. The van der Waals surface area contributed by atoms with Gasteiger partial charge in [-0.2, -0.15) is 0 Å². The molecule has 0 aliphatic carbocycles. The van der Waals surface area contributed by atoms with Crippen LogP contribution in [0.3, 0.4) is 0 Å². The molecule has 0 saturated heterocycles. The molecule has 0 heterocycles. The van der Waals surface area contributed by atoms with Crippen molar-refractivity contribution in [1.29, 1.82) is 0 Å². The van der Waals surface area contributed by atoms with E-state index in [4.69, 9.17) is 0 Å². The minimum Gasteiger partial charge on any atom is -0.295 e. The van der Waals surface area contributed by atoms with E-state index in [1.165, 1.54) is 13.0 Å². The fraction of sp³-hybridized carbons (Fsp3) is 0.364. The van der Waals surface area contributed by atoms with E-state index in [0.717, 1.165) is 0 Å². The van der Waals surface area contributed by atoms with Crippen molar-refractivity contribution in [2.45, 2.75) is 26.7 Å². The number of ketones is 1. The summed E-state index contributed by atoms with van der Waals surface area (Å²) in [6.07, 6.45) is -2.07. The van der Waals surface area contributed by atoms with Gasteiger partial charge in [-0.3, -0.25) is 4.79 Å². The van der Waals surface area contributed by atoms with E-state index < -0.39 is 6.43 Å². The molecule has 0 amide bonds. The Morgan fingerprint density at radius 1 is 1.47 bits per heavy atom. The summed E-state index contributed by atoms with van der Waals surface area (Å²) in [6, 6.07) is 3.10. The van der Waals surface area contributed by atoms with Gasteiger partial charge in [0.2, 0.25) is 0 Å². The lowest BCUT2D eigenvalue weighted by molar-refractivity contribution is 0.101. The Labute approximate surface area is 101 Å². The summed E-state index contributed by atoms with van der Waals surface area (Å²) in [4.78, 5) is 11.3. The third-order valence-corrected chi connectivity index (χ3v) is 2.84. The molecule has 0 fully saturated rings. The topological polar surface area (TPSA) is 17.1 Å². The number of rotatable bonds is 3. The molecule has 1 rings (SSSR count). The molecule has 15 heavy (non-hydrogen) atoms. The minimum absolute atomic E-state index is 0.0189. The number of hydrogen-bond donors (Lipinski definition) is 0. The summed E-state index contributed by atoms with van der Waals surface area (Å²) in [5.41, 5.74) is 0.868. The number of carbonyl (C=O) groups excluding carboxylic acids is 1. The number of carbonyl (C=O) groups is 1. The quantitative estimate of drug-likeness (QED) is 0.607. The highest BCUT2D eigenvalue weighted by molar-refractivity contribution is 14.1. The summed E-state index contributed by atoms with van der Waals surface area (Å²) in [6.45, 7) is 3.18. The van der Waals surface area contributed by atoms with Crippen molar-refractivity contribution < 1.29 is 13.6 Å². The van der Waals surface area contributed by atoms with Gasteiger partial charge in [-0.05, 0) is 53.6 Å². The van der Waals surface area contributed by atoms with E-state index in [1.54, 1.807) is 13.0 Å². The van der Waals surface area contributed by atoms with Crippen LogP contribution in [0.2, 0.25) is 0 Å². The first-order valence-electron chi connectivity index (χ1n) is 4.58. The lowest BCUT2D eigenvalue weighted by atomic mass is 9.97. The molecule has 0 radical (unpaired) electrons. The number of alkyl halides is 2. The molecule has 82 valence electrons. The first-order chi connectivity index (χ1) is 6.97. The molecule has 4 heteroatoms. The van der Waals surface area contributed by atoms with Crippen molar-refractivity contribution in [3.05, 3.63) is 32.4 Å². The summed E-state index contributed by atoms with van der Waals surface area (Å²) in [7, 11) is 0. The van der Waals surface area contributed by atoms with Crippen molar-refractivity contribution in [2.24, 2.45) is 0 Å². The second-order valence-electron chi connectivity index (χ2n) is 3.23. The molecule has 0 N–H and O–H groups in total. The molecule has 1 aromatic rings. The highest BCUT2D eigenvalue weighted by Gasteiger charge is 2.18. The molecule has 0 saturated carbocycles. The van der Waals surface area contributed by atoms with Crippen LogP contribution in [0.1, 0.15) is 41.8 Å². The van der Waals surface area contributed by atoms with Crippen LogP contribution in [0.25, 0.3) is 0 Å². The van der Waals surface area contributed by atoms with Crippen LogP contribution in [0.5, 0.6) is 0 Å². The number of halogens is 3. The van der Waals surface area contributed by atoms with Crippen LogP contribution >= 0.6 is 22.6 Å². The second kappa shape index (κ2) is 5.01. The van der Waals surface area contributed by atoms with Gasteiger partial charge >= 0.3 is 0 Å². The second-order valence-corrected chi connectivity index (χ2v) is 4.48. The predicted molar refractivity (Wildman–Crippen MR) is 63.5 cm³/mol. The normalized spacial score (nSPS) is 10.8. The van der Waals surface area contributed by atoms with E-state index in [2.05, 4.69) is 0 Å². The first-order valence-corrected chi connectivity index (χ1v) is 5.66. The molecule has 0 aliphatic rings. The summed E-state index contributed by atoms with van der Waals surface area (Å²) in [5, 5.41) is 0. The maximum absolute atomic E-state index is 12.7. The number of Topliss-reactive ketones (excluding diaryl/α,β-unsaturated/α-hetero) is 1. The molecule has 1 aromatic carbocycles. The first kappa shape index (κ1) is 12.5. The van der Waals surface area contributed by atoms with Gasteiger partial charge in [-0.25, -0.2) is 8.78 Å². The number of hydrogen-bond acceptors (Lipinski definition) is 1. The van der Waals surface area contributed by atoms with Crippen LogP contribution < -0.4 is 0 Å². The minimum atomic E-state index is -2.52. The van der Waals surface area contributed by atoms with E-state index >= 15 is 0 Å². The Hall–Kier alpha value is -0.520. The van der Waals surface area contributed by atoms with Gasteiger partial charge in [-0.1, -0.05) is 6.92 Å². The Balaban J connectivity index is 3.45. The standard InChI is InChI=1S/C11H11F2IO/c1-3-8-9(6(2)15)4-7(14)5-10(8)11(12)13/h4-5,11H,3H2,1-2H3. The third kappa shape index (κ3) is 2.74. The average Bonchev–Trinajstić information content (AvgIpc) is 2.16. The Morgan fingerprint density at radius 3 is 2.47 bits per heavy atom. The summed E-state index contributed by atoms with van der Waals surface area (Å²) < 4.78 is 26.1. The van der Waals surface area contributed by atoms with Crippen molar-refractivity contribution in [3.8, 4) is 0 Å². The number of benzene rings is 1. The third-order valence-electron chi connectivity index (χ3n) is 2.22. The molecule has 0 atom stereocenters. The highest BCUT2D eigenvalue weighted by atomic mass is 127. The molecule has 1 nitrogen and oxygen atoms in total. The van der Waals surface area contributed by atoms with Gasteiger partial charge in [-0.15, -0.1) is 0 Å². The lowest BCUT2D eigenvalue weighted by Gasteiger charge is -2.12. The van der Waals surface area contributed by atoms with E-state index in [1.807, 2.05) is 22.6 Å². The van der Waals surface area contributed by atoms with Crippen molar-refractivity contribution in [3.63, 3.8) is 0 Å². The largest absolute Gasteiger partial charge is 0.295 e. The predicted octanol–water partition coefficient (Wildman–Crippen LogP) is 3.99. The van der Waals surface area contributed by atoms with E-state index in [-0.39, 0.29) is 11.3 Å². The van der Waals surface area contributed by atoms with E-state index in [0.29, 0.717) is 21.1 Å². The maximum atomic E-state index is 12.7. The lowest BCUT2D eigenvalue weighted by Crippen LogP contribution is -2.04. The van der Waals surface area contributed by atoms with Crippen LogP contribution in [0.15, 0.2) is 12.1 Å². The monoisotopic (exact) mass is 324 g/mol. The summed E-state index contributed by atoms with van der Waals surface area (Å²) >= 11 is 1.95. The van der Waals surface area contributed by atoms with Gasteiger partial charge in [0.05, 0.1) is 0 Å². The molecule has 0 unspecified atom stereocenters. The Morgan fingerprint density at radius 2 is 2.07 bits per heavy atom. The van der Waals surface area contributed by atoms with Gasteiger partial charge in [0.15, 0.2) is 5.78 Å². The van der Waals surface area contributed by atoms with Crippen LogP contribution in [-0.2, 0) is 6.42 Å². The SMILES string of the molecule is CCc1c(C(C)=O)cc(I)cc1C(F)F. The van der Waals surface area contributed by atoms with E-state index in [9.17, 15) is 13.6 Å². The smallest absolute Gasteiger partial charge is 0.264 e. The fourth-order valence-electron chi connectivity index (χ4n) is 1.56. The van der Waals surface area contributed by atoms with Gasteiger partial charge in [0.1, 0.15) is 0 Å². The van der Waals surface area contributed by atoms with Gasteiger partial charge < -0.3 is 0 Å². The Bertz CT molecular complexity index is 388. The molecule has 0 aliphatic heterocycles. The van der Waals surface area contributed by atoms with Crippen LogP contribution in [0, 0.1) is 3.57 Å². The van der Waals surface area contributed by atoms with Gasteiger partial charge in [0, 0.05) is 14.7 Å². The molecular formula is C11H11F2IO. The van der Waals surface area contributed by atoms with Crippen molar-refractivity contribution >= 4 is 28.4 Å². The van der Waals surface area contributed by atoms with Gasteiger partial charge in [0.25, 0.3) is 6.43 Å². The highest BCUT2D eigenvalue weighted by Crippen LogP contribution is 2.28. The zero-order valence-corrected chi connectivity index (χ0v) is 10.6. The van der Waals surface area contributed by atoms with Crippen LogP contribution in [-0.4, -0.2) is 5.78 Å². The molecular weight excluding hydrogens is 313 g/mol. The molecule has 0 aromatic heterocycles. The zero-order chi connectivity index (χ0) is 11.6. The maximum Gasteiger partial charge on any atom is 0.264 e.